The summed E-state index contributed by atoms with van der Waals surface area (Å²) in [6.07, 6.45) is 0. The Morgan fingerprint density at radius 2 is 2.16 bits per heavy atom. The van der Waals surface area contributed by atoms with Crippen LogP contribution in [0, 0.1) is 11.7 Å². The monoisotopic (exact) mass is 290 g/mol. The quantitative estimate of drug-likeness (QED) is 0.735. The number of fused-ring (bicyclic) bond motifs is 1. The van der Waals surface area contributed by atoms with Crippen LogP contribution in [-0.2, 0) is 6.54 Å². The fraction of sp³-hybridized carbons (Fsp3) is 0.214. The third-order valence-electron chi connectivity index (χ3n) is 3.10. The van der Waals surface area contributed by atoms with E-state index in [2.05, 4.69) is 34.7 Å². The van der Waals surface area contributed by atoms with Gasteiger partial charge in [0.2, 0.25) is 0 Å². The Morgan fingerprint density at radius 1 is 1.32 bits per heavy atom. The molecule has 98 valence electrons. The third-order valence-corrected chi connectivity index (χ3v) is 4.41. The average Bonchev–Trinajstić information content (AvgIpc) is 2.94. The zero-order valence-corrected chi connectivity index (χ0v) is 12.4. The molecule has 2 aromatic heterocycles. The Balaban J connectivity index is 2.13. The van der Waals surface area contributed by atoms with Gasteiger partial charge >= 0.3 is 0 Å². The van der Waals surface area contributed by atoms with Gasteiger partial charge in [0.1, 0.15) is 11.3 Å². The van der Waals surface area contributed by atoms with Gasteiger partial charge in [-0.2, -0.15) is 0 Å². The first-order valence-corrected chi connectivity index (χ1v) is 7.22. The smallest absolute Gasteiger partial charge is 0.178 e. The standard InChI is InChI=1S/C14H14N2OS2/c1-9-6-7-10(19-9)8-16-11-4-3-5-12(17-2)13(11)15-14(16)18/h3-7H,8H2,1-2H3,(H,15,18). The molecule has 19 heavy (non-hydrogen) atoms. The van der Waals surface area contributed by atoms with Crippen molar-refractivity contribution in [2.75, 3.05) is 7.11 Å². The van der Waals surface area contributed by atoms with Gasteiger partial charge in [0, 0.05) is 9.75 Å². The van der Waals surface area contributed by atoms with Gasteiger partial charge < -0.3 is 14.3 Å². The van der Waals surface area contributed by atoms with E-state index in [4.69, 9.17) is 17.0 Å². The van der Waals surface area contributed by atoms with Crippen LogP contribution >= 0.6 is 23.6 Å². The maximum absolute atomic E-state index is 5.42. The highest BCUT2D eigenvalue weighted by molar-refractivity contribution is 7.71. The minimum absolute atomic E-state index is 0.727. The van der Waals surface area contributed by atoms with Crippen molar-refractivity contribution in [1.29, 1.82) is 0 Å². The zero-order valence-electron chi connectivity index (χ0n) is 10.8. The first kappa shape index (κ1) is 12.4. The number of nitrogens with zero attached hydrogens (tertiary/aromatic N) is 1. The Morgan fingerprint density at radius 3 is 2.84 bits per heavy atom. The van der Waals surface area contributed by atoms with E-state index in [1.54, 1.807) is 18.4 Å². The van der Waals surface area contributed by atoms with E-state index in [1.165, 1.54) is 9.75 Å². The molecular weight excluding hydrogens is 276 g/mol. The first-order valence-electron chi connectivity index (χ1n) is 6.00. The van der Waals surface area contributed by atoms with Crippen molar-refractivity contribution in [3.63, 3.8) is 0 Å². The normalized spacial score (nSPS) is 11.1. The summed E-state index contributed by atoms with van der Waals surface area (Å²) >= 11 is 7.22. The number of aromatic nitrogens is 2. The molecule has 1 N–H and O–H groups in total. The number of thiophene rings is 1. The lowest BCUT2D eigenvalue weighted by Gasteiger charge is -2.04. The van der Waals surface area contributed by atoms with Crippen LogP contribution in [-0.4, -0.2) is 16.7 Å². The number of aryl methyl sites for hydroxylation is 1. The molecule has 3 nitrogen and oxygen atoms in total. The second kappa shape index (κ2) is 4.83. The highest BCUT2D eigenvalue weighted by Crippen LogP contribution is 2.26. The second-order valence-electron chi connectivity index (χ2n) is 4.38. The van der Waals surface area contributed by atoms with E-state index < -0.39 is 0 Å². The van der Waals surface area contributed by atoms with Crippen molar-refractivity contribution in [2.24, 2.45) is 0 Å². The number of hydrogen-bond acceptors (Lipinski definition) is 3. The van der Waals surface area contributed by atoms with Crippen molar-refractivity contribution < 1.29 is 4.74 Å². The Kier molecular flexibility index (Phi) is 3.16. The highest BCUT2D eigenvalue weighted by Gasteiger charge is 2.09. The fourth-order valence-corrected chi connectivity index (χ4v) is 3.35. The molecule has 2 heterocycles. The van der Waals surface area contributed by atoms with Crippen LogP contribution in [0.5, 0.6) is 5.75 Å². The van der Waals surface area contributed by atoms with E-state index in [9.17, 15) is 0 Å². The van der Waals surface area contributed by atoms with Gasteiger partial charge in [0.15, 0.2) is 4.77 Å². The van der Waals surface area contributed by atoms with Crippen molar-refractivity contribution in [2.45, 2.75) is 13.5 Å². The van der Waals surface area contributed by atoms with Gasteiger partial charge in [-0.05, 0) is 43.4 Å². The molecule has 0 bridgehead atoms. The fourth-order valence-electron chi connectivity index (χ4n) is 2.21. The van der Waals surface area contributed by atoms with Crippen molar-refractivity contribution >= 4 is 34.6 Å². The molecule has 0 aliphatic carbocycles. The number of H-pyrrole nitrogens is 1. The number of ether oxygens (including phenoxy) is 1. The van der Waals surface area contributed by atoms with Crippen LogP contribution in [0.1, 0.15) is 9.75 Å². The molecule has 0 atom stereocenters. The molecule has 0 aliphatic heterocycles. The highest BCUT2D eigenvalue weighted by atomic mass is 32.1. The molecule has 0 spiro atoms. The van der Waals surface area contributed by atoms with Gasteiger partial charge in [0.25, 0.3) is 0 Å². The molecule has 1 aromatic carbocycles. The molecule has 0 aliphatic rings. The molecule has 0 saturated carbocycles. The lowest BCUT2D eigenvalue weighted by Crippen LogP contribution is -1.97. The lowest BCUT2D eigenvalue weighted by molar-refractivity contribution is 0.419. The van der Waals surface area contributed by atoms with Gasteiger partial charge in [-0.25, -0.2) is 0 Å². The van der Waals surface area contributed by atoms with E-state index >= 15 is 0 Å². The molecule has 0 fully saturated rings. The van der Waals surface area contributed by atoms with Crippen molar-refractivity contribution in [3.8, 4) is 5.75 Å². The topological polar surface area (TPSA) is 29.9 Å². The number of hydrogen-bond donors (Lipinski definition) is 1. The zero-order chi connectivity index (χ0) is 13.4. The van der Waals surface area contributed by atoms with E-state index in [1.807, 2.05) is 12.1 Å². The number of aromatic amines is 1. The van der Waals surface area contributed by atoms with Crippen molar-refractivity contribution in [1.82, 2.24) is 9.55 Å². The first-order chi connectivity index (χ1) is 9.19. The molecular formula is C14H14N2OS2. The number of nitrogens with one attached hydrogen (secondary N) is 1. The average molecular weight is 290 g/mol. The Bertz CT molecular complexity index is 782. The van der Waals surface area contributed by atoms with Crippen LogP contribution in [0.4, 0.5) is 0 Å². The Hall–Kier alpha value is -1.59. The van der Waals surface area contributed by atoms with Crippen LogP contribution < -0.4 is 4.74 Å². The van der Waals surface area contributed by atoms with Gasteiger partial charge in [-0.3, -0.25) is 0 Å². The number of imidazole rings is 1. The van der Waals surface area contributed by atoms with Gasteiger partial charge in [-0.15, -0.1) is 11.3 Å². The molecule has 3 aromatic rings. The summed E-state index contributed by atoms with van der Waals surface area (Å²) in [6.45, 7) is 2.91. The minimum atomic E-state index is 0.727. The van der Waals surface area contributed by atoms with E-state index in [0.717, 1.165) is 28.1 Å². The summed E-state index contributed by atoms with van der Waals surface area (Å²) in [5.74, 6) is 0.824. The summed E-state index contributed by atoms with van der Waals surface area (Å²) in [7, 11) is 1.67. The summed E-state index contributed by atoms with van der Waals surface area (Å²) < 4.78 is 8.20. The summed E-state index contributed by atoms with van der Waals surface area (Å²) in [5.41, 5.74) is 2.04. The Labute approximate surface area is 120 Å². The summed E-state index contributed by atoms with van der Waals surface area (Å²) in [6, 6.07) is 10.3. The van der Waals surface area contributed by atoms with Gasteiger partial charge in [-0.1, -0.05) is 6.07 Å². The van der Waals surface area contributed by atoms with E-state index in [0.29, 0.717) is 0 Å². The van der Waals surface area contributed by atoms with Crippen LogP contribution in [0.2, 0.25) is 0 Å². The predicted molar refractivity (Wildman–Crippen MR) is 81.8 cm³/mol. The maximum Gasteiger partial charge on any atom is 0.178 e. The summed E-state index contributed by atoms with van der Waals surface area (Å²) in [4.78, 5) is 5.85. The largest absolute Gasteiger partial charge is 0.494 e. The third kappa shape index (κ3) is 2.19. The lowest BCUT2D eigenvalue weighted by atomic mass is 10.3. The molecule has 0 amide bonds. The minimum Gasteiger partial charge on any atom is -0.494 e. The molecule has 3 rings (SSSR count). The predicted octanol–water partition coefficient (Wildman–Crippen LogP) is 4.13. The van der Waals surface area contributed by atoms with Crippen LogP contribution in [0.15, 0.2) is 30.3 Å². The second-order valence-corrected chi connectivity index (χ2v) is 6.14. The number of methoxy groups -OCH3 is 1. The maximum atomic E-state index is 5.42. The van der Waals surface area contributed by atoms with Crippen LogP contribution in [0.25, 0.3) is 11.0 Å². The number of para-hydroxylation sites is 1. The van der Waals surface area contributed by atoms with Crippen molar-refractivity contribution in [3.05, 3.63) is 44.9 Å². The molecule has 0 saturated heterocycles. The molecule has 0 unspecified atom stereocenters. The molecule has 0 radical (unpaired) electrons. The molecule has 5 heteroatoms. The summed E-state index contributed by atoms with van der Waals surface area (Å²) in [5, 5.41) is 0. The van der Waals surface area contributed by atoms with E-state index in [-0.39, 0.29) is 0 Å². The number of rotatable bonds is 3. The number of benzene rings is 1. The van der Waals surface area contributed by atoms with Gasteiger partial charge in [0.05, 0.1) is 19.2 Å². The SMILES string of the molecule is COc1cccc2c1[nH]c(=S)n2Cc1ccc(C)s1. The van der Waals surface area contributed by atoms with Crippen LogP contribution in [0.3, 0.4) is 0 Å².